The number of carbonyl (C=O) groups is 1. The summed E-state index contributed by atoms with van der Waals surface area (Å²) in [7, 11) is 1.39. The van der Waals surface area contributed by atoms with Crippen LogP contribution in [0.4, 0.5) is 0 Å². The van der Waals surface area contributed by atoms with Crippen LogP contribution in [0.3, 0.4) is 0 Å². The fraction of sp³-hybridized carbons (Fsp3) is 0.889. The van der Waals surface area contributed by atoms with Gasteiger partial charge in [-0.1, -0.05) is 12.8 Å². The van der Waals surface area contributed by atoms with E-state index in [1.165, 1.54) is 20.0 Å². The number of nitrogens with two attached hydrogens (primary N) is 1. The van der Waals surface area contributed by atoms with Crippen molar-refractivity contribution in [2.24, 2.45) is 11.7 Å². The smallest absolute Gasteiger partial charge is 0.325 e. The molecule has 2 N–H and O–H groups in total. The molecule has 1 atom stereocenters. The second-order valence-electron chi connectivity index (χ2n) is 3.76. The Balaban J connectivity index is 2.62. The lowest BCUT2D eigenvalue weighted by Gasteiger charge is -2.27. The molecule has 0 amide bonds. The van der Waals surface area contributed by atoms with Gasteiger partial charge in [-0.2, -0.15) is 0 Å². The fourth-order valence-corrected chi connectivity index (χ4v) is 1.91. The summed E-state index contributed by atoms with van der Waals surface area (Å²) in [5.74, 6) is 0.0272. The van der Waals surface area contributed by atoms with Crippen molar-refractivity contribution >= 4 is 5.97 Å². The molecule has 1 unspecified atom stereocenters. The molecule has 0 saturated heterocycles. The first-order chi connectivity index (χ1) is 5.59. The summed E-state index contributed by atoms with van der Waals surface area (Å²) in [5, 5.41) is 0. The molecule has 0 aromatic carbocycles. The van der Waals surface area contributed by atoms with Crippen molar-refractivity contribution in [3.05, 3.63) is 0 Å². The van der Waals surface area contributed by atoms with Crippen LogP contribution in [0.5, 0.6) is 0 Å². The predicted molar refractivity (Wildman–Crippen MR) is 46.6 cm³/mol. The third-order valence-electron chi connectivity index (χ3n) is 2.83. The number of esters is 1. The van der Waals surface area contributed by atoms with Crippen LogP contribution in [-0.2, 0) is 9.53 Å². The van der Waals surface area contributed by atoms with Gasteiger partial charge < -0.3 is 10.5 Å². The van der Waals surface area contributed by atoms with Gasteiger partial charge in [-0.3, -0.25) is 4.79 Å². The van der Waals surface area contributed by atoms with E-state index in [4.69, 9.17) is 5.73 Å². The molecule has 0 heterocycles. The summed E-state index contributed by atoms with van der Waals surface area (Å²) in [5.41, 5.74) is 5.13. The second kappa shape index (κ2) is 3.44. The highest BCUT2D eigenvalue weighted by molar-refractivity contribution is 5.80. The van der Waals surface area contributed by atoms with Crippen LogP contribution in [0.25, 0.3) is 0 Å². The minimum Gasteiger partial charge on any atom is -0.468 e. The van der Waals surface area contributed by atoms with Gasteiger partial charge in [0.25, 0.3) is 0 Å². The van der Waals surface area contributed by atoms with E-state index < -0.39 is 5.54 Å². The monoisotopic (exact) mass is 171 g/mol. The third-order valence-corrected chi connectivity index (χ3v) is 2.83. The average molecular weight is 171 g/mol. The average Bonchev–Trinajstić information content (AvgIpc) is 2.55. The van der Waals surface area contributed by atoms with Crippen LogP contribution in [-0.4, -0.2) is 18.6 Å². The standard InChI is InChI=1S/C9H17NO2/c1-9(10,8(11)12-2)7-5-3-4-6-7/h7H,3-6,10H2,1-2H3. The van der Waals surface area contributed by atoms with Gasteiger partial charge >= 0.3 is 5.97 Å². The summed E-state index contributed by atoms with van der Waals surface area (Å²) in [6.07, 6.45) is 4.49. The molecular formula is C9H17NO2. The van der Waals surface area contributed by atoms with E-state index in [-0.39, 0.29) is 5.97 Å². The first-order valence-corrected chi connectivity index (χ1v) is 4.46. The van der Waals surface area contributed by atoms with Crippen molar-refractivity contribution in [1.29, 1.82) is 0 Å². The molecule has 3 nitrogen and oxygen atoms in total. The molecule has 70 valence electrons. The SMILES string of the molecule is COC(=O)C(C)(N)C1CCCC1. The topological polar surface area (TPSA) is 52.3 Å². The molecule has 1 fully saturated rings. The maximum absolute atomic E-state index is 11.3. The number of rotatable bonds is 2. The zero-order valence-corrected chi connectivity index (χ0v) is 7.80. The number of methoxy groups -OCH3 is 1. The van der Waals surface area contributed by atoms with Crippen LogP contribution in [0.2, 0.25) is 0 Å². The lowest BCUT2D eigenvalue weighted by molar-refractivity contribution is -0.148. The molecule has 0 aromatic heterocycles. The highest BCUT2D eigenvalue weighted by Crippen LogP contribution is 2.32. The minimum absolute atomic E-state index is 0.283. The molecule has 0 bridgehead atoms. The first-order valence-electron chi connectivity index (χ1n) is 4.46. The van der Waals surface area contributed by atoms with Crippen LogP contribution in [0.1, 0.15) is 32.6 Å². The van der Waals surface area contributed by atoms with Crippen LogP contribution in [0.15, 0.2) is 0 Å². The van der Waals surface area contributed by atoms with Gasteiger partial charge in [0.05, 0.1) is 7.11 Å². The normalized spacial score (nSPS) is 23.6. The molecule has 1 aliphatic carbocycles. The Labute approximate surface area is 73.3 Å². The van der Waals surface area contributed by atoms with E-state index in [1.54, 1.807) is 6.92 Å². The molecule has 1 aliphatic rings. The van der Waals surface area contributed by atoms with Crippen LogP contribution < -0.4 is 5.73 Å². The maximum atomic E-state index is 11.3. The zero-order chi connectivity index (χ0) is 9.19. The Kier molecular flexibility index (Phi) is 2.73. The summed E-state index contributed by atoms with van der Waals surface area (Å²) in [6, 6.07) is 0. The molecule has 0 spiro atoms. The zero-order valence-electron chi connectivity index (χ0n) is 7.80. The molecule has 0 aromatic rings. The predicted octanol–water partition coefficient (Wildman–Crippen LogP) is 1.07. The van der Waals surface area contributed by atoms with Crippen molar-refractivity contribution in [1.82, 2.24) is 0 Å². The van der Waals surface area contributed by atoms with Gasteiger partial charge in [-0.05, 0) is 25.7 Å². The molecule has 1 saturated carbocycles. The highest BCUT2D eigenvalue weighted by atomic mass is 16.5. The van der Waals surface area contributed by atoms with E-state index >= 15 is 0 Å². The van der Waals surface area contributed by atoms with Gasteiger partial charge in [0.2, 0.25) is 0 Å². The molecule has 0 radical (unpaired) electrons. The molecule has 0 aliphatic heterocycles. The first kappa shape index (κ1) is 9.52. The number of hydrogen-bond donors (Lipinski definition) is 1. The highest BCUT2D eigenvalue weighted by Gasteiger charge is 2.39. The van der Waals surface area contributed by atoms with Gasteiger partial charge in [0.1, 0.15) is 5.54 Å². The summed E-state index contributed by atoms with van der Waals surface area (Å²) >= 11 is 0. The quantitative estimate of drug-likeness (QED) is 0.632. The van der Waals surface area contributed by atoms with Crippen LogP contribution in [0, 0.1) is 5.92 Å². The minimum atomic E-state index is -0.773. The number of ether oxygens (including phenoxy) is 1. The Morgan fingerprint density at radius 2 is 2.00 bits per heavy atom. The van der Waals surface area contributed by atoms with Crippen LogP contribution >= 0.6 is 0 Å². The maximum Gasteiger partial charge on any atom is 0.325 e. The second-order valence-corrected chi connectivity index (χ2v) is 3.76. The number of carbonyl (C=O) groups excluding carboxylic acids is 1. The summed E-state index contributed by atoms with van der Waals surface area (Å²) in [4.78, 5) is 11.3. The van der Waals surface area contributed by atoms with Crippen molar-refractivity contribution < 1.29 is 9.53 Å². The van der Waals surface area contributed by atoms with Gasteiger partial charge in [0.15, 0.2) is 0 Å². The van der Waals surface area contributed by atoms with Gasteiger partial charge in [0, 0.05) is 0 Å². The van der Waals surface area contributed by atoms with Gasteiger partial charge in [-0.15, -0.1) is 0 Å². The van der Waals surface area contributed by atoms with E-state index in [2.05, 4.69) is 4.74 Å². The summed E-state index contributed by atoms with van der Waals surface area (Å²) in [6.45, 7) is 1.77. The Morgan fingerprint density at radius 3 is 2.42 bits per heavy atom. The van der Waals surface area contributed by atoms with E-state index in [9.17, 15) is 4.79 Å². The van der Waals surface area contributed by atoms with E-state index in [1.807, 2.05) is 0 Å². The van der Waals surface area contributed by atoms with Crippen molar-refractivity contribution in [3.8, 4) is 0 Å². The van der Waals surface area contributed by atoms with Gasteiger partial charge in [-0.25, -0.2) is 0 Å². The van der Waals surface area contributed by atoms with E-state index in [0.29, 0.717) is 5.92 Å². The van der Waals surface area contributed by atoms with Crippen molar-refractivity contribution in [2.45, 2.75) is 38.1 Å². The van der Waals surface area contributed by atoms with E-state index in [0.717, 1.165) is 12.8 Å². The Hall–Kier alpha value is -0.570. The Morgan fingerprint density at radius 1 is 1.50 bits per heavy atom. The lowest BCUT2D eigenvalue weighted by Crippen LogP contribution is -2.51. The fourth-order valence-electron chi connectivity index (χ4n) is 1.91. The lowest BCUT2D eigenvalue weighted by atomic mass is 9.85. The molecule has 3 heteroatoms. The van der Waals surface area contributed by atoms with Crippen molar-refractivity contribution in [3.63, 3.8) is 0 Å². The number of hydrogen-bond acceptors (Lipinski definition) is 3. The summed E-state index contributed by atoms with van der Waals surface area (Å²) < 4.78 is 4.66. The molecular weight excluding hydrogens is 154 g/mol. The molecule has 12 heavy (non-hydrogen) atoms. The largest absolute Gasteiger partial charge is 0.468 e. The van der Waals surface area contributed by atoms with Crippen molar-refractivity contribution in [2.75, 3.05) is 7.11 Å². The Bertz CT molecular complexity index is 171. The third kappa shape index (κ3) is 1.61. The molecule has 1 rings (SSSR count).